The Labute approximate surface area is 173 Å². The van der Waals surface area contributed by atoms with E-state index in [-0.39, 0.29) is 11.1 Å². The van der Waals surface area contributed by atoms with Crippen LogP contribution < -0.4 is 10.2 Å². The average Bonchev–Trinajstić information content (AvgIpc) is 2.91. The minimum atomic E-state index is -0.522. The molecule has 2 heterocycles. The highest BCUT2D eigenvalue weighted by Gasteiger charge is 2.22. The van der Waals surface area contributed by atoms with Crippen molar-refractivity contribution in [1.29, 1.82) is 0 Å². The lowest BCUT2D eigenvalue weighted by atomic mass is 10.2. The van der Waals surface area contributed by atoms with E-state index in [2.05, 4.69) is 15.2 Å². The highest BCUT2D eigenvalue weighted by atomic mass is 35.5. The summed E-state index contributed by atoms with van der Waals surface area (Å²) in [5, 5.41) is 3.30. The van der Waals surface area contributed by atoms with Crippen molar-refractivity contribution >= 4 is 40.6 Å². The Kier molecular flexibility index (Phi) is 6.93. The molecule has 28 heavy (non-hydrogen) atoms. The average molecular weight is 427 g/mol. The molecule has 1 aliphatic heterocycles. The van der Waals surface area contributed by atoms with E-state index >= 15 is 0 Å². The molecule has 0 saturated carbocycles. The molecule has 1 N–H and O–H groups in total. The van der Waals surface area contributed by atoms with Crippen molar-refractivity contribution in [3.8, 4) is 0 Å². The summed E-state index contributed by atoms with van der Waals surface area (Å²) in [6, 6.07) is 3.86. The first-order chi connectivity index (χ1) is 13.5. The van der Waals surface area contributed by atoms with E-state index in [9.17, 15) is 9.18 Å². The second kappa shape index (κ2) is 9.41. The van der Waals surface area contributed by atoms with Crippen LogP contribution in [0.5, 0.6) is 0 Å². The molecule has 150 valence electrons. The highest BCUT2D eigenvalue weighted by molar-refractivity contribution is 6.33. The number of methoxy groups -OCH3 is 1. The van der Waals surface area contributed by atoms with Crippen molar-refractivity contribution in [2.45, 2.75) is 13.0 Å². The van der Waals surface area contributed by atoms with Crippen molar-refractivity contribution in [2.24, 2.45) is 0 Å². The number of hydrogen-bond acceptors (Lipinski definition) is 4. The van der Waals surface area contributed by atoms with Crippen molar-refractivity contribution in [2.75, 3.05) is 43.5 Å². The summed E-state index contributed by atoms with van der Waals surface area (Å²) >= 11 is 12.2. The lowest BCUT2D eigenvalue weighted by Gasteiger charge is -2.26. The fourth-order valence-electron chi connectivity index (χ4n) is 3.20. The van der Waals surface area contributed by atoms with E-state index in [1.807, 2.05) is 0 Å². The second-order valence-electron chi connectivity index (χ2n) is 6.45. The summed E-state index contributed by atoms with van der Waals surface area (Å²) in [5.41, 5.74) is 2.26. The predicted octanol–water partition coefficient (Wildman–Crippen LogP) is 4.42. The van der Waals surface area contributed by atoms with Crippen LogP contribution in [0, 0.1) is 5.82 Å². The van der Waals surface area contributed by atoms with E-state index in [0.29, 0.717) is 37.0 Å². The van der Waals surface area contributed by atoms with Gasteiger partial charge in [0.25, 0.3) is 0 Å². The Morgan fingerprint density at radius 1 is 1.21 bits per heavy atom. The van der Waals surface area contributed by atoms with Crippen molar-refractivity contribution in [1.82, 2.24) is 9.88 Å². The van der Waals surface area contributed by atoms with Gasteiger partial charge in [0.1, 0.15) is 5.82 Å². The predicted molar refractivity (Wildman–Crippen MR) is 109 cm³/mol. The van der Waals surface area contributed by atoms with Crippen molar-refractivity contribution in [3.05, 3.63) is 52.0 Å². The van der Waals surface area contributed by atoms with E-state index < -0.39 is 5.82 Å². The zero-order chi connectivity index (χ0) is 20.1. The number of pyridine rings is 1. The van der Waals surface area contributed by atoms with Crippen LogP contribution in [0.25, 0.3) is 0 Å². The van der Waals surface area contributed by atoms with Crippen LogP contribution in [0.15, 0.2) is 30.6 Å². The summed E-state index contributed by atoms with van der Waals surface area (Å²) < 4.78 is 18.5. The SMILES string of the molecule is COCc1cncc(Cl)c1N1CCCN(C(=O)Nc2ccc(F)c(Cl)c2)CC1. The molecule has 9 heteroatoms. The van der Waals surface area contributed by atoms with Crippen molar-refractivity contribution in [3.63, 3.8) is 0 Å². The fourth-order valence-corrected chi connectivity index (χ4v) is 3.68. The lowest BCUT2D eigenvalue weighted by molar-refractivity contribution is 0.185. The summed E-state index contributed by atoms with van der Waals surface area (Å²) in [7, 11) is 1.63. The van der Waals surface area contributed by atoms with Gasteiger partial charge in [-0.2, -0.15) is 0 Å². The van der Waals surface area contributed by atoms with Crippen LogP contribution in [-0.4, -0.2) is 49.2 Å². The summed E-state index contributed by atoms with van der Waals surface area (Å²) in [5.74, 6) is -0.522. The minimum absolute atomic E-state index is 0.0298. The Bertz CT molecular complexity index is 853. The molecule has 1 aromatic heterocycles. The monoisotopic (exact) mass is 426 g/mol. The van der Waals surface area contributed by atoms with Gasteiger partial charge in [-0.25, -0.2) is 9.18 Å². The molecule has 0 spiro atoms. The third-order valence-corrected chi connectivity index (χ3v) is 5.08. The van der Waals surface area contributed by atoms with Crippen molar-refractivity contribution < 1.29 is 13.9 Å². The zero-order valence-electron chi connectivity index (χ0n) is 15.4. The van der Waals surface area contributed by atoms with Crippen LogP contribution in [0.2, 0.25) is 10.0 Å². The van der Waals surface area contributed by atoms with Gasteiger partial charge in [-0.05, 0) is 24.6 Å². The first kappa shape index (κ1) is 20.6. The van der Waals surface area contributed by atoms with Gasteiger partial charge in [0, 0.05) is 56.9 Å². The van der Waals surface area contributed by atoms with Gasteiger partial charge < -0.3 is 19.9 Å². The molecular weight excluding hydrogens is 406 g/mol. The minimum Gasteiger partial charge on any atom is -0.380 e. The second-order valence-corrected chi connectivity index (χ2v) is 7.26. The van der Waals surface area contributed by atoms with E-state index in [4.69, 9.17) is 27.9 Å². The van der Waals surface area contributed by atoms with Gasteiger partial charge in [0.05, 0.1) is 22.3 Å². The molecule has 2 aromatic rings. The number of nitrogens with zero attached hydrogens (tertiary/aromatic N) is 3. The van der Waals surface area contributed by atoms with Gasteiger partial charge in [0.2, 0.25) is 0 Å². The number of hydrogen-bond donors (Lipinski definition) is 1. The Balaban J connectivity index is 1.68. The van der Waals surface area contributed by atoms with Gasteiger partial charge in [-0.15, -0.1) is 0 Å². The van der Waals surface area contributed by atoms with E-state index in [1.165, 1.54) is 18.2 Å². The molecule has 1 fully saturated rings. The van der Waals surface area contributed by atoms with Crippen LogP contribution in [-0.2, 0) is 11.3 Å². The number of urea groups is 1. The maximum atomic E-state index is 13.3. The third kappa shape index (κ3) is 4.84. The molecule has 0 atom stereocenters. The molecule has 3 rings (SSSR count). The normalized spacial score (nSPS) is 14.7. The topological polar surface area (TPSA) is 57.7 Å². The molecule has 0 bridgehead atoms. The van der Waals surface area contributed by atoms with Crippen LogP contribution in [0.4, 0.5) is 20.6 Å². The maximum absolute atomic E-state index is 13.3. The van der Waals surface area contributed by atoms with Gasteiger partial charge in [-0.1, -0.05) is 23.2 Å². The first-order valence-corrected chi connectivity index (χ1v) is 9.62. The number of ether oxygens (including phenoxy) is 1. The molecule has 1 aromatic carbocycles. The number of halogens is 3. The Morgan fingerprint density at radius 3 is 2.79 bits per heavy atom. The first-order valence-electron chi connectivity index (χ1n) is 8.87. The Morgan fingerprint density at radius 2 is 2.04 bits per heavy atom. The van der Waals surface area contributed by atoms with Gasteiger partial charge in [0.15, 0.2) is 0 Å². The maximum Gasteiger partial charge on any atom is 0.321 e. The standard InChI is InChI=1S/C19H21Cl2FN4O2/c1-28-12-13-10-23-11-16(21)18(13)25-5-2-6-26(8-7-25)19(27)24-14-3-4-17(22)15(20)9-14/h3-4,9-11H,2,5-8,12H2,1H3,(H,24,27). The highest BCUT2D eigenvalue weighted by Crippen LogP contribution is 2.30. The molecule has 2 amide bonds. The van der Waals surface area contributed by atoms with Gasteiger partial charge >= 0.3 is 6.03 Å². The number of rotatable bonds is 4. The molecule has 0 radical (unpaired) electrons. The fraction of sp³-hybridized carbons (Fsp3) is 0.368. The molecule has 0 unspecified atom stereocenters. The quantitative estimate of drug-likeness (QED) is 0.785. The number of benzene rings is 1. The lowest BCUT2D eigenvalue weighted by Crippen LogP contribution is -2.38. The molecule has 1 aliphatic rings. The van der Waals surface area contributed by atoms with Crippen LogP contribution in [0.3, 0.4) is 0 Å². The number of amides is 2. The molecule has 1 saturated heterocycles. The van der Waals surface area contributed by atoms with Crippen LogP contribution >= 0.6 is 23.2 Å². The number of carbonyl (C=O) groups is 1. The third-order valence-electron chi connectivity index (χ3n) is 4.52. The summed E-state index contributed by atoms with van der Waals surface area (Å²) in [4.78, 5) is 20.6. The number of carbonyl (C=O) groups excluding carboxylic acids is 1. The largest absolute Gasteiger partial charge is 0.380 e. The number of aromatic nitrogens is 1. The van der Waals surface area contributed by atoms with Crippen LogP contribution in [0.1, 0.15) is 12.0 Å². The number of anilines is 2. The summed E-state index contributed by atoms with van der Waals surface area (Å²) in [6.07, 6.45) is 4.14. The number of nitrogens with one attached hydrogen (secondary N) is 1. The molecule has 0 aliphatic carbocycles. The zero-order valence-corrected chi connectivity index (χ0v) is 16.9. The Hall–Kier alpha value is -2.09. The van der Waals surface area contributed by atoms with E-state index in [1.54, 1.807) is 24.4 Å². The van der Waals surface area contributed by atoms with E-state index in [0.717, 1.165) is 24.2 Å². The summed E-state index contributed by atoms with van der Waals surface area (Å²) in [6.45, 7) is 2.91. The smallest absolute Gasteiger partial charge is 0.321 e. The molecular formula is C19H21Cl2FN4O2. The van der Waals surface area contributed by atoms with Gasteiger partial charge in [-0.3, -0.25) is 4.98 Å². The molecule has 6 nitrogen and oxygen atoms in total.